The lowest BCUT2D eigenvalue weighted by Crippen LogP contribution is -2.37. The van der Waals surface area contributed by atoms with E-state index in [0.29, 0.717) is 0 Å². The van der Waals surface area contributed by atoms with Crippen molar-refractivity contribution in [2.24, 2.45) is 0 Å². The summed E-state index contributed by atoms with van der Waals surface area (Å²) < 4.78 is 6.99. The third-order valence-electron chi connectivity index (χ3n) is 5.85. The van der Waals surface area contributed by atoms with Gasteiger partial charge in [0.05, 0.1) is 6.10 Å². The van der Waals surface area contributed by atoms with Gasteiger partial charge in [0.2, 0.25) is 0 Å². The van der Waals surface area contributed by atoms with E-state index in [0.717, 1.165) is 29.3 Å². The summed E-state index contributed by atoms with van der Waals surface area (Å²) in [6, 6.07) is 24.8. The van der Waals surface area contributed by atoms with E-state index in [1.807, 2.05) is 18.5 Å². The summed E-state index contributed by atoms with van der Waals surface area (Å²) in [5.41, 5.74) is 5.94. The molecule has 3 rings (SSSR count). The molecule has 1 atom stereocenters. The molecule has 0 aliphatic carbocycles. The average molecular weight is 390 g/mol. The van der Waals surface area contributed by atoms with Crippen molar-refractivity contribution in [3.05, 3.63) is 89.7 Å². The Labute approximate surface area is 170 Å². The normalized spacial score (nSPS) is 12.7. The maximum atomic E-state index is 6.99. The van der Waals surface area contributed by atoms with Crippen molar-refractivity contribution in [1.29, 1.82) is 0 Å². The van der Waals surface area contributed by atoms with Crippen LogP contribution in [0.3, 0.4) is 0 Å². The van der Waals surface area contributed by atoms with Gasteiger partial charge in [-0.05, 0) is 42.2 Å². The number of nitrogens with zero attached hydrogens (tertiary/aromatic N) is 1. The molecule has 0 bridgehead atoms. The molecular weight excluding hydrogens is 358 g/mol. The first-order valence-electron chi connectivity index (χ1n) is 10.4. The molecule has 0 radical (unpaired) electrons. The van der Waals surface area contributed by atoms with E-state index in [9.17, 15) is 0 Å². The predicted octanol–water partition coefficient (Wildman–Crippen LogP) is 7.17. The van der Waals surface area contributed by atoms with Gasteiger partial charge in [0, 0.05) is 23.5 Å². The van der Waals surface area contributed by atoms with E-state index in [1.54, 1.807) is 0 Å². The largest absolute Gasteiger partial charge is 0.406 e. The lowest BCUT2D eigenvalue weighted by atomic mass is 9.99. The van der Waals surface area contributed by atoms with Gasteiger partial charge in [-0.15, -0.1) is 0 Å². The molecule has 0 spiro atoms. The summed E-state index contributed by atoms with van der Waals surface area (Å²) in [6.45, 7) is 8.97. The minimum atomic E-state index is -1.78. The SMILES string of the molecule is CC[Si](CC)(CC)OC(c1ccc(C)cc1)c1cncc(-c2ccccc2)c1. The van der Waals surface area contributed by atoms with Crippen LogP contribution in [-0.2, 0) is 4.43 Å². The van der Waals surface area contributed by atoms with Crippen LogP contribution < -0.4 is 0 Å². The van der Waals surface area contributed by atoms with Gasteiger partial charge in [0.1, 0.15) is 0 Å². The molecule has 0 saturated heterocycles. The van der Waals surface area contributed by atoms with Crippen molar-refractivity contribution in [2.75, 3.05) is 0 Å². The molecule has 0 saturated carbocycles. The molecule has 3 heteroatoms. The highest BCUT2D eigenvalue weighted by atomic mass is 28.4. The van der Waals surface area contributed by atoms with E-state index in [1.165, 1.54) is 16.7 Å². The molecule has 3 aromatic rings. The summed E-state index contributed by atoms with van der Waals surface area (Å²) >= 11 is 0. The highest BCUT2D eigenvalue weighted by Crippen LogP contribution is 2.35. The third-order valence-corrected chi connectivity index (χ3v) is 10.5. The summed E-state index contributed by atoms with van der Waals surface area (Å²) in [7, 11) is -1.78. The zero-order valence-corrected chi connectivity index (χ0v) is 18.5. The van der Waals surface area contributed by atoms with E-state index in [4.69, 9.17) is 4.43 Å². The zero-order chi connectivity index (χ0) is 20.0. The van der Waals surface area contributed by atoms with E-state index >= 15 is 0 Å². The summed E-state index contributed by atoms with van der Waals surface area (Å²) in [6.07, 6.45) is 3.84. The second kappa shape index (κ2) is 9.31. The molecular formula is C25H31NOSi. The first-order chi connectivity index (χ1) is 13.6. The maximum absolute atomic E-state index is 6.99. The first kappa shape index (κ1) is 20.5. The van der Waals surface area contributed by atoms with Gasteiger partial charge in [-0.3, -0.25) is 4.98 Å². The Bertz CT molecular complexity index is 864. The van der Waals surface area contributed by atoms with Crippen molar-refractivity contribution in [3.8, 4) is 11.1 Å². The number of benzene rings is 2. The molecule has 1 heterocycles. The van der Waals surface area contributed by atoms with Crippen molar-refractivity contribution in [2.45, 2.75) is 51.9 Å². The fourth-order valence-corrected chi connectivity index (χ4v) is 6.48. The van der Waals surface area contributed by atoms with E-state index < -0.39 is 8.32 Å². The molecule has 28 heavy (non-hydrogen) atoms. The second-order valence-electron chi connectivity index (χ2n) is 7.53. The number of aryl methyl sites for hydroxylation is 1. The Hall–Kier alpha value is -2.23. The quantitative estimate of drug-likeness (QED) is 0.381. The lowest BCUT2D eigenvalue weighted by Gasteiger charge is -2.34. The fourth-order valence-electron chi connectivity index (χ4n) is 3.71. The van der Waals surface area contributed by atoms with Crippen LogP contribution in [0.2, 0.25) is 18.1 Å². The highest BCUT2D eigenvalue weighted by molar-refractivity contribution is 6.73. The maximum Gasteiger partial charge on any atom is 0.193 e. The molecule has 146 valence electrons. The molecule has 1 unspecified atom stereocenters. The average Bonchev–Trinajstić information content (AvgIpc) is 2.77. The van der Waals surface area contributed by atoms with Crippen LogP contribution in [0.4, 0.5) is 0 Å². The van der Waals surface area contributed by atoms with Gasteiger partial charge in [0.25, 0.3) is 0 Å². The van der Waals surface area contributed by atoms with Crippen molar-refractivity contribution >= 4 is 8.32 Å². The van der Waals surface area contributed by atoms with Crippen molar-refractivity contribution in [3.63, 3.8) is 0 Å². The van der Waals surface area contributed by atoms with Gasteiger partial charge >= 0.3 is 0 Å². The van der Waals surface area contributed by atoms with Crippen LogP contribution in [0.15, 0.2) is 73.1 Å². The topological polar surface area (TPSA) is 22.1 Å². The Morgan fingerprint density at radius 1 is 0.786 bits per heavy atom. The summed E-state index contributed by atoms with van der Waals surface area (Å²) in [4.78, 5) is 4.57. The Morgan fingerprint density at radius 3 is 2.04 bits per heavy atom. The minimum Gasteiger partial charge on any atom is -0.406 e. The van der Waals surface area contributed by atoms with Crippen LogP contribution >= 0.6 is 0 Å². The van der Waals surface area contributed by atoms with E-state index in [-0.39, 0.29) is 6.10 Å². The third kappa shape index (κ3) is 4.60. The van der Waals surface area contributed by atoms with E-state index in [2.05, 4.69) is 87.3 Å². The summed E-state index contributed by atoms with van der Waals surface area (Å²) in [5, 5.41) is 0. The predicted molar refractivity (Wildman–Crippen MR) is 121 cm³/mol. The summed E-state index contributed by atoms with van der Waals surface area (Å²) in [5.74, 6) is 0. The number of aromatic nitrogens is 1. The van der Waals surface area contributed by atoms with Crippen LogP contribution in [0.1, 0.15) is 43.6 Å². The molecule has 2 nitrogen and oxygen atoms in total. The molecule has 0 fully saturated rings. The van der Waals surface area contributed by atoms with Crippen LogP contribution in [-0.4, -0.2) is 13.3 Å². The molecule has 0 N–H and O–H groups in total. The Balaban J connectivity index is 2.05. The standard InChI is InChI=1S/C25H31NOSi/c1-5-28(6-2,7-3)27-25(22-15-13-20(4)14-16-22)24-17-23(18-26-19-24)21-11-9-8-10-12-21/h8-19,25H,5-7H2,1-4H3. The smallest absolute Gasteiger partial charge is 0.193 e. The van der Waals surface area contributed by atoms with Gasteiger partial charge < -0.3 is 4.43 Å². The van der Waals surface area contributed by atoms with Gasteiger partial charge in [-0.1, -0.05) is 80.9 Å². The Morgan fingerprint density at radius 2 is 1.43 bits per heavy atom. The molecule has 2 aromatic carbocycles. The molecule has 0 aliphatic rings. The molecule has 0 amide bonds. The minimum absolute atomic E-state index is 0.0664. The van der Waals surface area contributed by atoms with Crippen LogP contribution in [0.25, 0.3) is 11.1 Å². The van der Waals surface area contributed by atoms with Gasteiger partial charge in [-0.2, -0.15) is 0 Å². The van der Waals surface area contributed by atoms with Crippen molar-refractivity contribution in [1.82, 2.24) is 4.98 Å². The zero-order valence-electron chi connectivity index (χ0n) is 17.5. The van der Waals surface area contributed by atoms with Crippen molar-refractivity contribution < 1.29 is 4.43 Å². The molecule has 1 aromatic heterocycles. The first-order valence-corrected chi connectivity index (χ1v) is 12.9. The van der Waals surface area contributed by atoms with Gasteiger partial charge in [0.15, 0.2) is 8.32 Å². The number of pyridine rings is 1. The highest BCUT2D eigenvalue weighted by Gasteiger charge is 2.33. The number of hydrogen-bond donors (Lipinski definition) is 0. The number of rotatable bonds is 8. The van der Waals surface area contributed by atoms with Crippen LogP contribution in [0, 0.1) is 6.92 Å². The number of hydrogen-bond acceptors (Lipinski definition) is 2. The Kier molecular flexibility index (Phi) is 6.82. The van der Waals surface area contributed by atoms with Crippen LogP contribution in [0.5, 0.6) is 0 Å². The lowest BCUT2D eigenvalue weighted by molar-refractivity contribution is 0.229. The second-order valence-corrected chi connectivity index (χ2v) is 12.2. The fraction of sp³-hybridized carbons (Fsp3) is 0.320. The van der Waals surface area contributed by atoms with Gasteiger partial charge in [-0.25, -0.2) is 0 Å². The monoisotopic (exact) mass is 389 g/mol. The molecule has 0 aliphatic heterocycles.